The zero-order valence-corrected chi connectivity index (χ0v) is 9.32. The third-order valence-corrected chi connectivity index (χ3v) is 2.82. The highest BCUT2D eigenvalue weighted by Gasteiger charge is 2.06. The van der Waals surface area contributed by atoms with Crippen LogP contribution in [0.2, 0.25) is 0 Å². The molecule has 17 heavy (non-hydrogen) atoms. The van der Waals surface area contributed by atoms with Crippen molar-refractivity contribution in [2.24, 2.45) is 0 Å². The van der Waals surface area contributed by atoms with E-state index in [9.17, 15) is 4.79 Å². The summed E-state index contributed by atoms with van der Waals surface area (Å²) in [5.74, 6) is 0. The van der Waals surface area contributed by atoms with Crippen LogP contribution in [0, 0.1) is 6.92 Å². The van der Waals surface area contributed by atoms with E-state index >= 15 is 0 Å². The van der Waals surface area contributed by atoms with Gasteiger partial charge in [-0.3, -0.25) is 0 Å². The van der Waals surface area contributed by atoms with Crippen LogP contribution in [0.15, 0.2) is 41.6 Å². The van der Waals surface area contributed by atoms with Gasteiger partial charge in [-0.1, -0.05) is 11.6 Å². The number of nitrogens with one attached hydrogen (secondary N) is 2. The molecule has 0 saturated heterocycles. The number of aryl methyl sites for hydroxylation is 1. The number of rotatable bonds is 1. The molecule has 0 aliphatic rings. The number of fused-ring (bicyclic) bond motifs is 1. The summed E-state index contributed by atoms with van der Waals surface area (Å²) in [6.45, 7) is 2.06. The molecular formula is C13H11N3O. The summed E-state index contributed by atoms with van der Waals surface area (Å²) in [5.41, 5.74) is 3.91. The van der Waals surface area contributed by atoms with Crippen LogP contribution in [0.5, 0.6) is 0 Å². The quantitative estimate of drug-likeness (QED) is 0.667. The highest BCUT2D eigenvalue weighted by Crippen LogP contribution is 2.27. The van der Waals surface area contributed by atoms with Gasteiger partial charge in [-0.05, 0) is 19.1 Å². The van der Waals surface area contributed by atoms with Crippen LogP contribution in [-0.2, 0) is 0 Å². The fourth-order valence-electron chi connectivity index (χ4n) is 1.96. The molecule has 2 heterocycles. The smallest absolute Gasteiger partial charge is 0.344 e. The fraction of sp³-hybridized carbons (Fsp3) is 0.0769. The van der Waals surface area contributed by atoms with Gasteiger partial charge in [0, 0.05) is 40.6 Å². The number of aromatic amines is 2. The standard InChI is InChI=1S/C13H11N3O/c1-8-2-3-12-10(4-8)11(7-14-12)9-5-15-13(17)16-6-9/h2-7,14H,1H3,(H,15,16,17). The van der Waals surface area contributed by atoms with Gasteiger partial charge in [-0.2, -0.15) is 0 Å². The van der Waals surface area contributed by atoms with Crippen molar-refractivity contribution in [2.75, 3.05) is 0 Å². The Balaban J connectivity index is 2.26. The molecule has 0 unspecified atom stereocenters. The van der Waals surface area contributed by atoms with Crippen molar-refractivity contribution in [3.63, 3.8) is 0 Å². The number of aromatic nitrogens is 3. The summed E-state index contributed by atoms with van der Waals surface area (Å²) in [7, 11) is 0. The predicted molar refractivity (Wildman–Crippen MR) is 66.9 cm³/mol. The molecule has 2 aromatic heterocycles. The van der Waals surface area contributed by atoms with E-state index in [1.165, 1.54) is 5.56 Å². The molecule has 0 amide bonds. The van der Waals surface area contributed by atoms with Crippen molar-refractivity contribution >= 4 is 10.9 Å². The maximum atomic E-state index is 10.9. The van der Waals surface area contributed by atoms with Gasteiger partial charge in [0.15, 0.2) is 0 Å². The van der Waals surface area contributed by atoms with E-state index in [2.05, 4.69) is 34.0 Å². The lowest BCUT2D eigenvalue weighted by atomic mass is 10.1. The molecule has 0 spiro atoms. The Labute approximate surface area is 97.3 Å². The van der Waals surface area contributed by atoms with Gasteiger partial charge in [0.1, 0.15) is 0 Å². The zero-order valence-electron chi connectivity index (χ0n) is 9.32. The SMILES string of the molecule is Cc1ccc2[nH]cc(-c3cnc(=O)[nH]c3)c2c1. The second-order valence-electron chi connectivity index (χ2n) is 4.06. The zero-order chi connectivity index (χ0) is 11.8. The van der Waals surface area contributed by atoms with Crippen molar-refractivity contribution in [3.05, 3.63) is 52.8 Å². The second-order valence-corrected chi connectivity index (χ2v) is 4.06. The van der Waals surface area contributed by atoms with Crippen LogP contribution < -0.4 is 5.69 Å². The van der Waals surface area contributed by atoms with Crippen molar-refractivity contribution in [2.45, 2.75) is 6.92 Å². The lowest BCUT2D eigenvalue weighted by Crippen LogP contribution is -2.07. The monoisotopic (exact) mass is 225 g/mol. The largest absolute Gasteiger partial charge is 0.361 e. The summed E-state index contributed by atoms with van der Waals surface area (Å²) in [4.78, 5) is 20.5. The Hall–Kier alpha value is -2.36. The highest BCUT2D eigenvalue weighted by atomic mass is 16.1. The molecule has 3 aromatic rings. The first-order chi connectivity index (χ1) is 8.24. The number of benzene rings is 1. The van der Waals surface area contributed by atoms with Gasteiger partial charge in [0.25, 0.3) is 0 Å². The molecule has 0 saturated carbocycles. The van der Waals surface area contributed by atoms with Gasteiger partial charge in [-0.25, -0.2) is 9.78 Å². The first kappa shape index (κ1) is 9.84. The molecular weight excluding hydrogens is 214 g/mol. The first-order valence-electron chi connectivity index (χ1n) is 5.37. The van der Waals surface area contributed by atoms with Crippen molar-refractivity contribution in [1.82, 2.24) is 15.0 Å². The van der Waals surface area contributed by atoms with Gasteiger partial charge in [0.2, 0.25) is 0 Å². The Bertz CT molecular complexity index is 719. The van der Waals surface area contributed by atoms with E-state index in [-0.39, 0.29) is 5.69 Å². The van der Waals surface area contributed by atoms with E-state index in [4.69, 9.17) is 0 Å². The summed E-state index contributed by atoms with van der Waals surface area (Å²) in [6.07, 6.45) is 5.20. The molecule has 0 fully saturated rings. The normalized spacial score (nSPS) is 10.9. The van der Waals surface area contributed by atoms with E-state index in [1.807, 2.05) is 12.3 Å². The topological polar surface area (TPSA) is 61.5 Å². The van der Waals surface area contributed by atoms with Crippen molar-refractivity contribution in [3.8, 4) is 11.1 Å². The van der Waals surface area contributed by atoms with E-state index in [0.29, 0.717) is 0 Å². The number of hydrogen-bond acceptors (Lipinski definition) is 2. The molecule has 4 heteroatoms. The molecule has 3 rings (SSSR count). The lowest BCUT2D eigenvalue weighted by molar-refractivity contribution is 1.08. The van der Waals surface area contributed by atoms with Crippen molar-refractivity contribution < 1.29 is 0 Å². The van der Waals surface area contributed by atoms with E-state index in [0.717, 1.165) is 22.0 Å². The minimum absolute atomic E-state index is 0.329. The van der Waals surface area contributed by atoms with Crippen LogP contribution in [-0.4, -0.2) is 15.0 Å². The molecule has 2 N–H and O–H groups in total. The minimum Gasteiger partial charge on any atom is -0.361 e. The van der Waals surface area contributed by atoms with E-state index < -0.39 is 0 Å². The Morgan fingerprint density at radius 3 is 2.82 bits per heavy atom. The molecule has 0 radical (unpaired) electrons. The average molecular weight is 225 g/mol. The van der Waals surface area contributed by atoms with Crippen LogP contribution in [0.4, 0.5) is 0 Å². The highest BCUT2D eigenvalue weighted by molar-refractivity contribution is 5.95. The third kappa shape index (κ3) is 1.63. The molecule has 84 valence electrons. The fourth-order valence-corrected chi connectivity index (χ4v) is 1.96. The first-order valence-corrected chi connectivity index (χ1v) is 5.37. The number of hydrogen-bond donors (Lipinski definition) is 2. The number of H-pyrrole nitrogens is 2. The van der Waals surface area contributed by atoms with Gasteiger partial charge >= 0.3 is 5.69 Å². The average Bonchev–Trinajstić information content (AvgIpc) is 2.73. The summed E-state index contributed by atoms with van der Waals surface area (Å²) in [5, 5.41) is 1.14. The van der Waals surface area contributed by atoms with Crippen LogP contribution in [0.3, 0.4) is 0 Å². The van der Waals surface area contributed by atoms with Gasteiger partial charge in [0.05, 0.1) is 0 Å². The third-order valence-electron chi connectivity index (χ3n) is 2.82. The molecule has 1 aromatic carbocycles. The van der Waals surface area contributed by atoms with Crippen molar-refractivity contribution in [1.29, 1.82) is 0 Å². The number of nitrogens with zero attached hydrogens (tertiary/aromatic N) is 1. The molecule has 4 nitrogen and oxygen atoms in total. The van der Waals surface area contributed by atoms with Crippen LogP contribution >= 0.6 is 0 Å². The summed E-state index contributed by atoms with van der Waals surface area (Å²) in [6, 6.07) is 6.23. The Morgan fingerprint density at radius 1 is 1.18 bits per heavy atom. The molecule has 0 aliphatic heterocycles. The molecule has 0 atom stereocenters. The maximum Gasteiger partial charge on any atom is 0.344 e. The Kier molecular flexibility index (Phi) is 2.08. The summed E-state index contributed by atoms with van der Waals surface area (Å²) < 4.78 is 0. The Morgan fingerprint density at radius 2 is 2.06 bits per heavy atom. The van der Waals surface area contributed by atoms with Crippen LogP contribution in [0.25, 0.3) is 22.0 Å². The van der Waals surface area contributed by atoms with Gasteiger partial charge in [-0.15, -0.1) is 0 Å². The van der Waals surface area contributed by atoms with Gasteiger partial charge < -0.3 is 9.97 Å². The predicted octanol–water partition coefficient (Wildman–Crippen LogP) is 2.23. The lowest BCUT2D eigenvalue weighted by Gasteiger charge is -1.99. The van der Waals surface area contributed by atoms with Crippen LogP contribution in [0.1, 0.15) is 5.56 Å². The second kappa shape index (κ2) is 3.59. The summed E-state index contributed by atoms with van der Waals surface area (Å²) >= 11 is 0. The molecule has 0 aliphatic carbocycles. The molecule has 0 bridgehead atoms. The minimum atomic E-state index is -0.329. The van der Waals surface area contributed by atoms with E-state index in [1.54, 1.807) is 12.4 Å². The maximum absolute atomic E-state index is 10.9.